The summed E-state index contributed by atoms with van der Waals surface area (Å²) in [5.41, 5.74) is -0.173. The fraction of sp³-hybridized carbons (Fsp3) is 0.636. The van der Waals surface area contributed by atoms with Crippen LogP contribution in [-0.2, 0) is 0 Å². The molecule has 1 fully saturated rings. The summed E-state index contributed by atoms with van der Waals surface area (Å²) in [7, 11) is 0. The van der Waals surface area contributed by atoms with E-state index in [0.717, 1.165) is 5.92 Å². The molecule has 28 heavy (non-hydrogen) atoms. The van der Waals surface area contributed by atoms with Gasteiger partial charge in [0.1, 0.15) is 5.75 Å². The zero-order valence-corrected chi connectivity index (χ0v) is 16.1. The third-order valence-electron chi connectivity index (χ3n) is 6.28. The maximum atomic E-state index is 14.4. The van der Waals surface area contributed by atoms with Gasteiger partial charge in [-0.3, -0.25) is 0 Å². The van der Waals surface area contributed by atoms with E-state index in [1.807, 2.05) is 0 Å². The van der Waals surface area contributed by atoms with Crippen molar-refractivity contribution in [3.05, 3.63) is 41.2 Å². The van der Waals surface area contributed by atoms with E-state index >= 15 is 0 Å². The lowest BCUT2D eigenvalue weighted by Crippen LogP contribution is -2.31. The van der Waals surface area contributed by atoms with Gasteiger partial charge in [-0.05, 0) is 49.9 Å². The second kappa shape index (κ2) is 8.83. The first-order valence-electron chi connectivity index (χ1n) is 10.2. The van der Waals surface area contributed by atoms with Crippen LogP contribution in [0, 0.1) is 35.2 Å². The van der Waals surface area contributed by atoms with Crippen molar-refractivity contribution < 1.29 is 26.7 Å². The molecule has 1 aromatic rings. The molecule has 1 atom stereocenters. The number of benzene rings is 1. The van der Waals surface area contributed by atoms with Crippen molar-refractivity contribution in [3.8, 4) is 5.75 Å². The second-order valence-corrected chi connectivity index (χ2v) is 8.15. The first kappa shape index (κ1) is 21.1. The molecular weight excluding hydrogens is 375 g/mol. The summed E-state index contributed by atoms with van der Waals surface area (Å²) in [6, 6.07) is 0.876. The summed E-state index contributed by atoms with van der Waals surface area (Å²) >= 11 is 0. The molecule has 1 aromatic carbocycles. The lowest BCUT2D eigenvalue weighted by molar-refractivity contribution is -0.145. The molecule has 0 aliphatic heterocycles. The van der Waals surface area contributed by atoms with Crippen LogP contribution < -0.4 is 4.74 Å². The van der Waals surface area contributed by atoms with Crippen LogP contribution in [0.1, 0.15) is 64.7 Å². The van der Waals surface area contributed by atoms with Crippen molar-refractivity contribution in [3.63, 3.8) is 0 Å². The lowest BCUT2D eigenvalue weighted by atomic mass is 9.70. The highest BCUT2D eigenvalue weighted by Crippen LogP contribution is 2.43. The van der Waals surface area contributed by atoms with Crippen LogP contribution in [0.15, 0.2) is 23.8 Å². The van der Waals surface area contributed by atoms with Gasteiger partial charge in [0.15, 0.2) is 17.5 Å². The van der Waals surface area contributed by atoms with Crippen LogP contribution in [0.4, 0.5) is 22.0 Å². The largest absolute Gasteiger partial charge is 0.429 e. The molecule has 0 aromatic heterocycles. The molecule has 6 heteroatoms. The fourth-order valence-electron chi connectivity index (χ4n) is 4.71. The van der Waals surface area contributed by atoms with Gasteiger partial charge < -0.3 is 4.74 Å². The summed E-state index contributed by atoms with van der Waals surface area (Å²) in [5, 5.41) is 0. The van der Waals surface area contributed by atoms with E-state index in [2.05, 4.69) is 11.7 Å². The lowest BCUT2D eigenvalue weighted by Gasteiger charge is -2.36. The number of rotatable bonds is 6. The Morgan fingerprint density at radius 1 is 0.964 bits per heavy atom. The van der Waals surface area contributed by atoms with Gasteiger partial charge in [0.2, 0.25) is 0 Å². The zero-order chi connectivity index (χ0) is 20.3. The normalized spacial score (nSPS) is 26.1. The highest BCUT2D eigenvalue weighted by atomic mass is 19.3. The van der Waals surface area contributed by atoms with E-state index in [9.17, 15) is 22.0 Å². The highest BCUT2D eigenvalue weighted by molar-refractivity contribution is 5.27. The average molecular weight is 402 g/mol. The first-order chi connectivity index (χ1) is 13.3. The molecule has 0 bridgehead atoms. The Bertz CT molecular complexity index is 684. The van der Waals surface area contributed by atoms with Gasteiger partial charge in [-0.1, -0.05) is 38.7 Å². The van der Waals surface area contributed by atoms with Crippen LogP contribution in [0.2, 0.25) is 0 Å². The molecule has 0 saturated heterocycles. The molecule has 0 heterocycles. The minimum Gasteiger partial charge on any atom is -0.429 e. The SMILES string of the molecule is CCCC1CCC(C2CC=C(C(F)(F)Oc3cc(F)c(F)c(F)c3)CC2)CC1. The summed E-state index contributed by atoms with van der Waals surface area (Å²) in [6.45, 7) is 2.20. The van der Waals surface area contributed by atoms with Gasteiger partial charge in [0.05, 0.1) is 0 Å². The van der Waals surface area contributed by atoms with E-state index in [-0.39, 0.29) is 12.0 Å². The minimum atomic E-state index is -3.67. The molecule has 2 aliphatic carbocycles. The molecule has 0 amide bonds. The zero-order valence-electron chi connectivity index (χ0n) is 16.1. The van der Waals surface area contributed by atoms with Crippen molar-refractivity contribution >= 4 is 0 Å². The quantitative estimate of drug-likeness (QED) is 0.273. The van der Waals surface area contributed by atoms with Crippen molar-refractivity contribution in [2.45, 2.75) is 70.8 Å². The average Bonchev–Trinajstić information content (AvgIpc) is 2.67. The maximum absolute atomic E-state index is 14.4. The predicted octanol–water partition coefficient (Wildman–Crippen LogP) is 7.41. The monoisotopic (exact) mass is 402 g/mol. The van der Waals surface area contributed by atoms with Crippen molar-refractivity contribution in [2.75, 3.05) is 0 Å². The van der Waals surface area contributed by atoms with Gasteiger partial charge in [0.25, 0.3) is 0 Å². The molecular formula is C22H27F5O. The Labute approximate surface area is 163 Å². The van der Waals surface area contributed by atoms with Gasteiger partial charge >= 0.3 is 6.11 Å². The predicted molar refractivity (Wildman–Crippen MR) is 97.7 cm³/mol. The molecule has 1 saturated carbocycles. The molecule has 0 radical (unpaired) electrons. The first-order valence-corrected chi connectivity index (χ1v) is 10.2. The van der Waals surface area contributed by atoms with Crippen LogP contribution in [0.3, 0.4) is 0 Å². The Kier molecular flexibility index (Phi) is 6.66. The van der Waals surface area contributed by atoms with Crippen molar-refractivity contribution in [1.29, 1.82) is 0 Å². The van der Waals surface area contributed by atoms with Crippen LogP contribution >= 0.6 is 0 Å². The molecule has 3 rings (SSSR count). The topological polar surface area (TPSA) is 9.23 Å². The minimum absolute atomic E-state index is 0.173. The van der Waals surface area contributed by atoms with E-state index in [0.29, 0.717) is 36.8 Å². The van der Waals surface area contributed by atoms with Gasteiger partial charge in [-0.25, -0.2) is 13.2 Å². The second-order valence-electron chi connectivity index (χ2n) is 8.15. The smallest absolute Gasteiger partial charge is 0.422 e. The standard InChI is InChI=1S/C22H27F5O/c1-2-3-14-4-6-15(7-5-14)16-8-10-17(11-9-16)22(26,27)28-18-12-19(23)21(25)20(24)13-18/h10,12-16H,2-9,11H2,1H3. The highest BCUT2D eigenvalue weighted by Gasteiger charge is 2.40. The van der Waals surface area contributed by atoms with Crippen LogP contribution in [0.5, 0.6) is 5.75 Å². The molecule has 1 nitrogen and oxygen atoms in total. The third kappa shape index (κ3) is 4.87. The number of allylic oxidation sites excluding steroid dienone is 1. The van der Waals surface area contributed by atoms with Crippen LogP contribution in [0.25, 0.3) is 0 Å². The Morgan fingerprint density at radius 3 is 2.14 bits per heavy atom. The summed E-state index contributed by atoms with van der Waals surface area (Å²) in [6.07, 6.45) is 6.56. The summed E-state index contributed by atoms with van der Waals surface area (Å²) < 4.78 is 72.9. The number of hydrogen-bond donors (Lipinski definition) is 0. The molecule has 2 aliphatic rings. The maximum Gasteiger partial charge on any atom is 0.422 e. The fourth-order valence-corrected chi connectivity index (χ4v) is 4.71. The van der Waals surface area contributed by atoms with E-state index in [4.69, 9.17) is 0 Å². The van der Waals surface area contributed by atoms with Crippen LogP contribution in [-0.4, -0.2) is 6.11 Å². The van der Waals surface area contributed by atoms with Gasteiger partial charge in [-0.2, -0.15) is 8.78 Å². The number of hydrogen-bond acceptors (Lipinski definition) is 1. The van der Waals surface area contributed by atoms with Crippen molar-refractivity contribution in [2.24, 2.45) is 17.8 Å². The third-order valence-corrected chi connectivity index (χ3v) is 6.28. The molecule has 1 unspecified atom stereocenters. The van der Waals surface area contributed by atoms with E-state index in [1.54, 1.807) is 0 Å². The molecule has 0 N–H and O–H groups in total. The molecule has 156 valence electrons. The Balaban J connectivity index is 1.59. The molecule has 0 spiro atoms. The van der Waals surface area contributed by atoms with E-state index in [1.165, 1.54) is 44.6 Å². The Hall–Kier alpha value is -1.59. The van der Waals surface area contributed by atoms with Gasteiger partial charge in [0, 0.05) is 17.7 Å². The van der Waals surface area contributed by atoms with Gasteiger partial charge in [-0.15, -0.1) is 0 Å². The van der Waals surface area contributed by atoms with Crippen molar-refractivity contribution in [1.82, 2.24) is 0 Å². The number of ether oxygens (including phenoxy) is 1. The summed E-state index contributed by atoms with van der Waals surface area (Å²) in [4.78, 5) is 0. The number of alkyl halides is 2. The summed E-state index contributed by atoms with van der Waals surface area (Å²) in [5.74, 6) is -3.74. The number of halogens is 5. The Morgan fingerprint density at radius 2 is 1.61 bits per heavy atom. The van der Waals surface area contributed by atoms with E-state index < -0.39 is 29.3 Å².